The number of amides is 1. The first-order chi connectivity index (χ1) is 32.0. The fourth-order valence-corrected chi connectivity index (χ4v) is 9.28. The monoisotopic (exact) mass is 918 g/mol. The molecule has 0 aromatic carbocycles. The van der Waals surface area contributed by atoms with Gasteiger partial charge in [-0.05, 0) is 51.4 Å². The van der Waals surface area contributed by atoms with Gasteiger partial charge in [-0.25, -0.2) is 0 Å². The van der Waals surface area contributed by atoms with Crippen LogP contribution in [0.3, 0.4) is 0 Å². The topological polar surface area (TPSA) is 95.9 Å². The van der Waals surface area contributed by atoms with Gasteiger partial charge in [-0.15, -0.1) is 0 Å². The van der Waals surface area contributed by atoms with E-state index in [9.17, 15) is 19.8 Å². The molecule has 0 aliphatic rings. The van der Waals surface area contributed by atoms with Crippen molar-refractivity contribution in [1.82, 2.24) is 5.32 Å². The summed E-state index contributed by atoms with van der Waals surface area (Å²) in [7, 11) is 0. The summed E-state index contributed by atoms with van der Waals surface area (Å²) >= 11 is 0. The molecule has 0 aliphatic heterocycles. The van der Waals surface area contributed by atoms with E-state index in [-0.39, 0.29) is 18.5 Å². The first kappa shape index (κ1) is 63.6. The third-order valence-corrected chi connectivity index (χ3v) is 13.8. The van der Waals surface area contributed by atoms with Gasteiger partial charge in [0.25, 0.3) is 0 Å². The predicted octanol–water partition coefficient (Wildman–Crippen LogP) is 18.1. The highest BCUT2D eigenvalue weighted by Crippen LogP contribution is 2.18. The van der Waals surface area contributed by atoms with Crippen LogP contribution in [0.2, 0.25) is 0 Å². The van der Waals surface area contributed by atoms with Crippen LogP contribution in [0, 0.1) is 0 Å². The van der Waals surface area contributed by atoms with Crippen molar-refractivity contribution >= 4 is 11.9 Å². The fraction of sp³-hybridized carbons (Fsp3) is 0.932. The molecule has 6 nitrogen and oxygen atoms in total. The average Bonchev–Trinajstić information content (AvgIpc) is 3.31. The Morgan fingerprint density at radius 2 is 0.723 bits per heavy atom. The second kappa shape index (κ2) is 55.2. The van der Waals surface area contributed by atoms with E-state index in [2.05, 4.69) is 31.3 Å². The number of rotatable bonds is 55. The van der Waals surface area contributed by atoms with Crippen molar-refractivity contribution in [1.29, 1.82) is 0 Å². The molecule has 2 unspecified atom stereocenters. The highest BCUT2D eigenvalue weighted by atomic mass is 16.5. The first-order valence-electron chi connectivity index (χ1n) is 29.4. The van der Waals surface area contributed by atoms with E-state index in [1.807, 2.05) is 0 Å². The lowest BCUT2D eigenvalue weighted by Crippen LogP contribution is -2.45. The maximum absolute atomic E-state index is 12.5. The van der Waals surface area contributed by atoms with Gasteiger partial charge in [0, 0.05) is 12.8 Å². The number of esters is 1. The Kier molecular flexibility index (Phi) is 54.0. The summed E-state index contributed by atoms with van der Waals surface area (Å²) < 4.78 is 5.45. The van der Waals surface area contributed by atoms with E-state index in [0.717, 1.165) is 64.2 Å². The second-order valence-corrected chi connectivity index (χ2v) is 20.3. The van der Waals surface area contributed by atoms with Gasteiger partial charge in [0.15, 0.2) is 0 Å². The molecule has 0 heterocycles. The summed E-state index contributed by atoms with van der Waals surface area (Å²) in [5.41, 5.74) is 0. The molecule has 0 fully saturated rings. The van der Waals surface area contributed by atoms with Gasteiger partial charge in [-0.3, -0.25) is 9.59 Å². The summed E-state index contributed by atoms with van der Waals surface area (Å²) in [6, 6.07) is -0.553. The molecule has 0 aliphatic carbocycles. The van der Waals surface area contributed by atoms with E-state index in [0.29, 0.717) is 25.9 Å². The quantitative estimate of drug-likeness (QED) is 0.0321. The van der Waals surface area contributed by atoms with Crippen LogP contribution in [0.25, 0.3) is 0 Å². The lowest BCUT2D eigenvalue weighted by Gasteiger charge is -2.22. The van der Waals surface area contributed by atoms with Gasteiger partial charge in [0.05, 0.1) is 25.4 Å². The van der Waals surface area contributed by atoms with Crippen molar-refractivity contribution in [2.24, 2.45) is 0 Å². The lowest BCUT2D eigenvalue weighted by atomic mass is 10.0. The zero-order valence-corrected chi connectivity index (χ0v) is 44.0. The molecule has 1 amide bonds. The molecular formula is C59H115NO5. The largest absolute Gasteiger partial charge is 0.466 e. The van der Waals surface area contributed by atoms with Crippen molar-refractivity contribution < 1.29 is 24.5 Å². The average molecular weight is 919 g/mol. The maximum atomic E-state index is 12.5. The second-order valence-electron chi connectivity index (χ2n) is 20.3. The predicted molar refractivity (Wildman–Crippen MR) is 283 cm³/mol. The van der Waals surface area contributed by atoms with Crippen LogP contribution < -0.4 is 5.32 Å². The molecule has 0 aromatic heterocycles. The number of hydrogen-bond donors (Lipinski definition) is 3. The minimum atomic E-state index is -0.675. The Labute approximate surface area is 406 Å². The summed E-state index contributed by atoms with van der Waals surface area (Å²) in [4.78, 5) is 24.5. The van der Waals surface area contributed by atoms with Crippen molar-refractivity contribution in [2.75, 3.05) is 13.2 Å². The van der Waals surface area contributed by atoms with Crippen molar-refractivity contribution in [3.63, 3.8) is 0 Å². The molecule has 0 saturated carbocycles. The number of carbonyl (C=O) groups excluding carboxylic acids is 2. The fourth-order valence-electron chi connectivity index (χ4n) is 9.28. The summed E-state index contributed by atoms with van der Waals surface area (Å²) in [6.07, 6.45) is 64.9. The third kappa shape index (κ3) is 51.8. The van der Waals surface area contributed by atoms with Crippen LogP contribution >= 0.6 is 0 Å². The Morgan fingerprint density at radius 3 is 1.09 bits per heavy atom. The van der Waals surface area contributed by atoms with Crippen molar-refractivity contribution in [3.8, 4) is 0 Å². The minimum absolute atomic E-state index is 0.00233. The van der Waals surface area contributed by atoms with Crippen LogP contribution in [-0.2, 0) is 14.3 Å². The Hall–Kier alpha value is -1.40. The SMILES string of the molecule is CCCCCCCCCCCCCCCCCCCCCCCC(O)C(CO)NC(=O)CCCCCCC/C=C\CCCCCCCCCOC(=O)CCCCCCCCCCCCC. The molecule has 2 atom stereocenters. The number of allylic oxidation sites excluding steroid dienone is 2. The number of aliphatic hydroxyl groups is 2. The molecule has 0 spiro atoms. The van der Waals surface area contributed by atoms with Crippen molar-refractivity contribution in [3.05, 3.63) is 12.2 Å². The van der Waals surface area contributed by atoms with Gasteiger partial charge < -0.3 is 20.3 Å². The molecule has 386 valence electrons. The number of carbonyl (C=O) groups is 2. The molecule has 3 N–H and O–H groups in total. The molecule has 0 bridgehead atoms. The van der Waals surface area contributed by atoms with Crippen LogP contribution in [0.15, 0.2) is 12.2 Å². The van der Waals surface area contributed by atoms with Crippen LogP contribution in [0.1, 0.15) is 328 Å². The van der Waals surface area contributed by atoms with E-state index < -0.39 is 12.1 Å². The highest BCUT2D eigenvalue weighted by molar-refractivity contribution is 5.76. The Bertz CT molecular complexity index is 970. The normalized spacial score (nSPS) is 12.6. The maximum Gasteiger partial charge on any atom is 0.305 e. The molecule has 65 heavy (non-hydrogen) atoms. The molecule has 0 radical (unpaired) electrons. The summed E-state index contributed by atoms with van der Waals surface area (Å²) in [6.45, 7) is 4.95. The van der Waals surface area contributed by atoms with E-state index in [1.165, 1.54) is 231 Å². The van der Waals surface area contributed by atoms with Crippen LogP contribution in [0.4, 0.5) is 0 Å². The van der Waals surface area contributed by atoms with Crippen LogP contribution in [0.5, 0.6) is 0 Å². The smallest absolute Gasteiger partial charge is 0.305 e. The van der Waals surface area contributed by atoms with E-state index in [4.69, 9.17) is 4.74 Å². The Balaban J connectivity index is 3.46. The number of hydrogen-bond acceptors (Lipinski definition) is 5. The van der Waals surface area contributed by atoms with Crippen LogP contribution in [-0.4, -0.2) is 47.4 Å². The molecule has 0 saturated heterocycles. The number of aliphatic hydroxyl groups excluding tert-OH is 2. The molecule has 0 aromatic rings. The number of unbranched alkanes of at least 4 members (excludes halogenated alkanes) is 42. The van der Waals surface area contributed by atoms with E-state index >= 15 is 0 Å². The van der Waals surface area contributed by atoms with Gasteiger partial charge in [0.2, 0.25) is 5.91 Å². The van der Waals surface area contributed by atoms with E-state index in [1.54, 1.807) is 0 Å². The standard InChI is InChI=1S/C59H115NO5/c1-3-5-7-9-11-13-15-16-17-18-19-20-21-22-25-28-32-35-39-43-47-51-57(62)56(55-61)60-58(63)52-48-44-40-36-33-29-26-23-24-27-30-34-38-42-46-50-54-65-59(64)53-49-45-41-37-31-14-12-10-8-6-4-2/h23,26,56-57,61-62H,3-22,24-25,27-55H2,1-2H3,(H,60,63)/b26-23-. The number of ether oxygens (including phenoxy) is 1. The highest BCUT2D eigenvalue weighted by Gasteiger charge is 2.20. The molecule has 0 rings (SSSR count). The first-order valence-corrected chi connectivity index (χ1v) is 29.4. The zero-order chi connectivity index (χ0) is 47.2. The number of nitrogens with one attached hydrogen (secondary N) is 1. The summed E-state index contributed by atoms with van der Waals surface area (Å²) in [5, 5.41) is 23.3. The Morgan fingerprint density at radius 1 is 0.415 bits per heavy atom. The third-order valence-electron chi connectivity index (χ3n) is 13.8. The zero-order valence-electron chi connectivity index (χ0n) is 44.0. The molecule has 6 heteroatoms. The molecular weight excluding hydrogens is 803 g/mol. The van der Waals surface area contributed by atoms with Gasteiger partial charge in [-0.1, -0.05) is 276 Å². The van der Waals surface area contributed by atoms with Gasteiger partial charge >= 0.3 is 5.97 Å². The van der Waals surface area contributed by atoms with Crippen molar-refractivity contribution in [2.45, 2.75) is 341 Å². The van der Waals surface area contributed by atoms with Gasteiger partial charge in [-0.2, -0.15) is 0 Å². The minimum Gasteiger partial charge on any atom is -0.466 e. The lowest BCUT2D eigenvalue weighted by molar-refractivity contribution is -0.143. The summed E-state index contributed by atoms with van der Waals surface area (Å²) in [5.74, 6) is -0.0509. The van der Waals surface area contributed by atoms with Gasteiger partial charge in [0.1, 0.15) is 0 Å².